The van der Waals surface area contributed by atoms with Crippen molar-refractivity contribution in [3.63, 3.8) is 0 Å². The lowest BCUT2D eigenvalue weighted by molar-refractivity contribution is 0.0950. The SMILES string of the molecule is CCN(CC)CCNC(=O)c1cc(-c2ccccc2C)nc2c1cnn2C(C)C. The fraction of sp³-hybridized carbons (Fsp3) is 0.435. The first kappa shape index (κ1) is 21.0. The number of rotatable bonds is 8. The molecule has 1 N–H and O–H groups in total. The van der Waals surface area contributed by atoms with E-state index in [1.165, 1.54) is 0 Å². The zero-order valence-electron chi connectivity index (χ0n) is 18.1. The number of hydrogen-bond donors (Lipinski definition) is 1. The molecule has 6 heteroatoms. The molecule has 0 saturated heterocycles. The van der Waals surface area contributed by atoms with E-state index < -0.39 is 0 Å². The molecule has 0 aliphatic carbocycles. The number of aryl methyl sites for hydroxylation is 1. The van der Waals surface area contributed by atoms with Gasteiger partial charge in [0.2, 0.25) is 0 Å². The Kier molecular flexibility index (Phi) is 6.64. The van der Waals surface area contributed by atoms with E-state index in [0.717, 1.165) is 47.5 Å². The molecule has 2 heterocycles. The Labute approximate surface area is 172 Å². The van der Waals surface area contributed by atoms with E-state index in [0.29, 0.717) is 12.1 Å². The summed E-state index contributed by atoms with van der Waals surface area (Å²) in [6, 6.07) is 10.2. The van der Waals surface area contributed by atoms with E-state index in [2.05, 4.69) is 56.0 Å². The molecule has 0 fully saturated rings. The summed E-state index contributed by atoms with van der Waals surface area (Å²) >= 11 is 0. The monoisotopic (exact) mass is 393 g/mol. The van der Waals surface area contributed by atoms with Crippen LogP contribution >= 0.6 is 0 Å². The lowest BCUT2D eigenvalue weighted by Gasteiger charge is -2.18. The summed E-state index contributed by atoms with van der Waals surface area (Å²) in [4.78, 5) is 20.2. The molecular weight excluding hydrogens is 362 g/mol. The average molecular weight is 394 g/mol. The first-order valence-electron chi connectivity index (χ1n) is 10.4. The van der Waals surface area contributed by atoms with Crippen LogP contribution in [-0.2, 0) is 0 Å². The highest BCUT2D eigenvalue weighted by Crippen LogP contribution is 2.28. The van der Waals surface area contributed by atoms with Crippen molar-refractivity contribution in [3.05, 3.63) is 47.7 Å². The summed E-state index contributed by atoms with van der Waals surface area (Å²) in [5.74, 6) is -0.0808. The lowest BCUT2D eigenvalue weighted by Crippen LogP contribution is -2.34. The van der Waals surface area contributed by atoms with Crippen LogP contribution in [0.4, 0.5) is 0 Å². The van der Waals surface area contributed by atoms with Crippen LogP contribution in [0.3, 0.4) is 0 Å². The minimum Gasteiger partial charge on any atom is -0.351 e. The molecule has 1 aromatic carbocycles. The highest BCUT2D eigenvalue weighted by atomic mass is 16.1. The van der Waals surface area contributed by atoms with Crippen LogP contribution in [0.1, 0.15) is 49.7 Å². The second-order valence-electron chi connectivity index (χ2n) is 7.57. The molecule has 3 rings (SSSR count). The van der Waals surface area contributed by atoms with Crippen molar-refractivity contribution in [3.8, 4) is 11.3 Å². The minimum atomic E-state index is -0.0808. The molecule has 2 aromatic heterocycles. The molecule has 0 aliphatic heterocycles. The number of carbonyl (C=O) groups excluding carboxylic acids is 1. The molecule has 154 valence electrons. The minimum absolute atomic E-state index is 0.0808. The third-order valence-corrected chi connectivity index (χ3v) is 5.33. The van der Waals surface area contributed by atoms with Gasteiger partial charge < -0.3 is 10.2 Å². The quantitative estimate of drug-likeness (QED) is 0.627. The van der Waals surface area contributed by atoms with Gasteiger partial charge in [0.15, 0.2) is 5.65 Å². The van der Waals surface area contributed by atoms with E-state index >= 15 is 0 Å². The van der Waals surface area contributed by atoms with Gasteiger partial charge in [-0.1, -0.05) is 38.1 Å². The number of nitrogens with one attached hydrogen (secondary N) is 1. The second-order valence-corrected chi connectivity index (χ2v) is 7.57. The maximum Gasteiger partial charge on any atom is 0.252 e. The van der Waals surface area contributed by atoms with Crippen LogP contribution in [0, 0.1) is 6.92 Å². The van der Waals surface area contributed by atoms with Gasteiger partial charge in [-0.2, -0.15) is 5.10 Å². The average Bonchev–Trinajstić information content (AvgIpc) is 3.15. The van der Waals surface area contributed by atoms with Gasteiger partial charge in [-0.3, -0.25) is 4.79 Å². The zero-order chi connectivity index (χ0) is 21.0. The molecule has 0 spiro atoms. The number of fused-ring (bicyclic) bond motifs is 1. The summed E-state index contributed by atoms with van der Waals surface area (Å²) in [5, 5.41) is 8.36. The summed E-state index contributed by atoms with van der Waals surface area (Å²) in [5.41, 5.74) is 4.33. The summed E-state index contributed by atoms with van der Waals surface area (Å²) < 4.78 is 1.88. The number of pyridine rings is 1. The van der Waals surface area contributed by atoms with Crippen molar-refractivity contribution in [1.82, 2.24) is 25.0 Å². The fourth-order valence-electron chi connectivity index (χ4n) is 3.54. The highest BCUT2D eigenvalue weighted by molar-refractivity contribution is 6.06. The van der Waals surface area contributed by atoms with E-state index in [-0.39, 0.29) is 11.9 Å². The molecule has 0 aliphatic rings. The standard InChI is InChI=1S/C23H31N5O/c1-6-27(7-2)13-12-24-23(29)19-14-21(18-11-9-8-10-17(18)5)26-22-20(19)15-25-28(22)16(3)4/h8-11,14-16H,6-7,12-13H2,1-5H3,(H,24,29). The predicted octanol–water partition coefficient (Wildman–Crippen LogP) is 4.06. The molecule has 0 atom stereocenters. The summed E-state index contributed by atoms with van der Waals surface area (Å²) in [6.45, 7) is 13.9. The summed E-state index contributed by atoms with van der Waals surface area (Å²) in [7, 11) is 0. The Morgan fingerprint density at radius 1 is 1.21 bits per heavy atom. The van der Waals surface area contributed by atoms with Crippen molar-refractivity contribution in [2.24, 2.45) is 0 Å². The zero-order valence-corrected chi connectivity index (χ0v) is 18.1. The molecule has 0 bridgehead atoms. The summed E-state index contributed by atoms with van der Waals surface area (Å²) in [6.07, 6.45) is 1.75. The van der Waals surface area contributed by atoms with Crippen LogP contribution in [0.5, 0.6) is 0 Å². The molecule has 3 aromatic rings. The van der Waals surface area contributed by atoms with Gasteiger partial charge in [0.05, 0.1) is 22.8 Å². The number of benzene rings is 1. The van der Waals surface area contributed by atoms with Crippen molar-refractivity contribution in [2.75, 3.05) is 26.2 Å². The van der Waals surface area contributed by atoms with E-state index in [4.69, 9.17) is 4.98 Å². The van der Waals surface area contributed by atoms with Gasteiger partial charge in [-0.15, -0.1) is 0 Å². The van der Waals surface area contributed by atoms with E-state index in [1.54, 1.807) is 6.20 Å². The first-order valence-corrected chi connectivity index (χ1v) is 10.4. The number of aromatic nitrogens is 3. The molecule has 6 nitrogen and oxygen atoms in total. The highest BCUT2D eigenvalue weighted by Gasteiger charge is 2.19. The van der Waals surface area contributed by atoms with Gasteiger partial charge in [-0.05, 0) is 45.5 Å². The predicted molar refractivity (Wildman–Crippen MR) is 118 cm³/mol. The fourth-order valence-corrected chi connectivity index (χ4v) is 3.54. The molecule has 0 radical (unpaired) electrons. The van der Waals surface area contributed by atoms with Crippen LogP contribution in [-0.4, -0.2) is 51.8 Å². The van der Waals surface area contributed by atoms with Crippen LogP contribution in [0.15, 0.2) is 36.5 Å². The van der Waals surface area contributed by atoms with Gasteiger partial charge in [0.1, 0.15) is 0 Å². The van der Waals surface area contributed by atoms with Gasteiger partial charge >= 0.3 is 0 Å². The Bertz CT molecular complexity index is 988. The largest absolute Gasteiger partial charge is 0.351 e. The molecule has 0 saturated carbocycles. The smallest absolute Gasteiger partial charge is 0.252 e. The van der Waals surface area contributed by atoms with E-state index in [9.17, 15) is 4.79 Å². The van der Waals surface area contributed by atoms with Gasteiger partial charge in [-0.25, -0.2) is 9.67 Å². The van der Waals surface area contributed by atoms with Crippen LogP contribution in [0.25, 0.3) is 22.3 Å². The Hall–Kier alpha value is -2.73. The van der Waals surface area contributed by atoms with Crippen LogP contribution < -0.4 is 5.32 Å². The lowest BCUT2D eigenvalue weighted by atomic mass is 10.0. The number of carbonyl (C=O) groups is 1. The van der Waals surface area contributed by atoms with Crippen molar-refractivity contribution in [1.29, 1.82) is 0 Å². The maximum atomic E-state index is 13.1. The Morgan fingerprint density at radius 2 is 1.93 bits per heavy atom. The molecule has 1 amide bonds. The maximum absolute atomic E-state index is 13.1. The van der Waals surface area contributed by atoms with Gasteiger partial charge in [0, 0.05) is 24.7 Å². The third-order valence-electron chi connectivity index (χ3n) is 5.33. The Balaban J connectivity index is 2.01. The van der Waals surface area contributed by atoms with E-state index in [1.807, 2.05) is 28.9 Å². The number of amides is 1. The topological polar surface area (TPSA) is 63.1 Å². The number of likely N-dealkylation sites (N-methyl/N-ethyl adjacent to an activating group) is 1. The molecule has 0 unspecified atom stereocenters. The normalized spacial score (nSPS) is 11.6. The van der Waals surface area contributed by atoms with Crippen LogP contribution in [0.2, 0.25) is 0 Å². The number of hydrogen-bond acceptors (Lipinski definition) is 4. The third kappa shape index (κ3) is 4.48. The van der Waals surface area contributed by atoms with Gasteiger partial charge in [0.25, 0.3) is 5.91 Å². The molecule has 29 heavy (non-hydrogen) atoms. The molecular formula is C23H31N5O. The first-order chi connectivity index (χ1) is 14.0. The Morgan fingerprint density at radius 3 is 2.59 bits per heavy atom. The second kappa shape index (κ2) is 9.18. The van der Waals surface area contributed by atoms with Crippen molar-refractivity contribution in [2.45, 2.75) is 40.7 Å². The van der Waals surface area contributed by atoms with Crippen molar-refractivity contribution < 1.29 is 4.79 Å². The van der Waals surface area contributed by atoms with Crippen molar-refractivity contribution >= 4 is 16.9 Å². The number of nitrogens with zero attached hydrogens (tertiary/aromatic N) is 4.